The summed E-state index contributed by atoms with van der Waals surface area (Å²) in [5.41, 5.74) is 5.16. The fourth-order valence-electron chi connectivity index (χ4n) is 1.94. The lowest BCUT2D eigenvalue weighted by molar-refractivity contribution is -0.274. The van der Waals surface area contributed by atoms with Crippen LogP contribution < -0.4 is 25.6 Å². The first-order chi connectivity index (χ1) is 13.5. The normalized spacial score (nSPS) is 11.9. The van der Waals surface area contributed by atoms with Gasteiger partial charge < -0.3 is 14.8 Å². The third-order valence-electron chi connectivity index (χ3n) is 3.21. The van der Waals surface area contributed by atoms with Crippen LogP contribution >= 0.6 is 35.4 Å². The number of halogens is 5. The van der Waals surface area contributed by atoms with Crippen molar-refractivity contribution in [3.05, 3.63) is 52.5 Å². The van der Waals surface area contributed by atoms with Crippen molar-refractivity contribution in [3.63, 3.8) is 0 Å². The van der Waals surface area contributed by atoms with Gasteiger partial charge in [-0.25, -0.2) is 0 Å². The summed E-state index contributed by atoms with van der Waals surface area (Å²) in [4.78, 5) is 12.1. The average Bonchev–Trinajstić information content (AvgIpc) is 2.62. The smallest absolute Gasteiger partial charge is 0.479 e. The highest BCUT2D eigenvalue weighted by Crippen LogP contribution is 2.28. The van der Waals surface area contributed by atoms with Gasteiger partial charge in [-0.3, -0.25) is 15.6 Å². The van der Waals surface area contributed by atoms with Crippen molar-refractivity contribution in [1.82, 2.24) is 10.9 Å². The number of ether oxygens (including phenoxy) is 2. The Bertz CT molecular complexity index is 882. The number of hydrazine groups is 1. The molecule has 12 heteroatoms. The van der Waals surface area contributed by atoms with Crippen LogP contribution in [0.25, 0.3) is 0 Å². The molecule has 2 aromatic carbocycles. The molecule has 0 spiro atoms. The first-order valence-electron chi connectivity index (χ1n) is 7.88. The Labute approximate surface area is 179 Å². The van der Waals surface area contributed by atoms with Crippen LogP contribution in [-0.4, -0.2) is 23.5 Å². The molecule has 1 amide bonds. The van der Waals surface area contributed by atoms with Crippen molar-refractivity contribution in [2.24, 2.45) is 0 Å². The summed E-state index contributed by atoms with van der Waals surface area (Å²) in [5, 5.41) is 3.36. The molecule has 29 heavy (non-hydrogen) atoms. The van der Waals surface area contributed by atoms with E-state index in [2.05, 4.69) is 20.9 Å². The Balaban J connectivity index is 1.81. The molecular formula is C17H14Cl2F3N3O3S. The third kappa shape index (κ3) is 7.84. The lowest BCUT2D eigenvalue weighted by atomic mass is 10.3. The van der Waals surface area contributed by atoms with Crippen LogP contribution in [-0.2, 0) is 4.79 Å². The van der Waals surface area contributed by atoms with E-state index in [1.165, 1.54) is 31.2 Å². The molecule has 2 aromatic rings. The second-order valence-corrected chi connectivity index (χ2v) is 6.73. The molecule has 3 N–H and O–H groups in total. The Morgan fingerprint density at radius 1 is 1.10 bits per heavy atom. The van der Waals surface area contributed by atoms with E-state index in [0.717, 1.165) is 12.1 Å². The minimum absolute atomic E-state index is 0.000403. The van der Waals surface area contributed by atoms with Crippen molar-refractivity contribution in [2.45, 2.75) is 19.4 Å². The molecule has 0 aromatic heterocycles. The molecule has 0 saturated carbocycles. The minimum Gasteiger partial charge on any atom is -0.479 e. The topological polar surface area (TPSA) is 71.6 Å². The number of rotatable bonds is 5. The fraction of sp³-hybridized carbons (Fsp3) is 0.176. The SMILES string of the molecule is CC(Oc1ccc(Cl)cc1Cl)C(=O)NNC(=S)Nc1ccc(OC(F)(F)F)cc1. The highest BCUT2D eigenvalue weighted by molar-refractivity contribution is 7.80. The Morgan fingerprint density at radius 2 is 1.76 bits per heavy atom. The Kier molecular flexibility index (Phi) is 7.77. The van der Waals surface area contributed by atoms with Crippen LogP contribution in [0.5, 0.6) is 11.5 Å². The average molecular weight is 468 g/mol. The van der Waals surface area contributed by atoms with Gasteiger partial charge in [0.15, 0.2) is 11.2 Å². The molecule has 0 radical (unpaired) electrons. The van der Waals surface area contributed by atoms with E-state index in [0.29, 0.717) is 10.7 Å². The van der Waals surface area contributed by atoms with Gasteiger partial charge in [0.1, 0.15) is 11.5 Å². The summed E-state index contributed by atoms with van der Waals surface area (Å²) in [6, 6.07) is 9.45. The van der Waals surface area contributed by atoms with E-state index in [1.807, 2.05) is 0 Å². The van der Waals surface area contributed by atoms with Gasteiger partial charge in [-0.15, -0.1) is 13.2 Å². The molecule has 156 valence electrons. The van der Waals surface area contributed by atoms with Gasteiger partial charge >= 0.3 is 6.36 Å². The van der Waals surface area contributed by atoms with Crippen molar-refractivity contribution in [1.29, 1.82) is 0 Å². The maximum Gasteiger partial charge on any atom is 0.573 e. The zero-order chi connectivity index (χ0) is 21.6. The maximum absolute atomic E-state index is 12.1. The predicted molar refractivity (Wildman–Crippen MR) is 107 cm³/mol. The first kappa shape index (κ1) is 22.9. The summed E-state index contributed by atoms with van der Waals surface area (Å²) < 4.78 is 45.6. The summed E-state index contributed by atoms with van der Waals surface area (Å²) >= 11 is 16.8. The predicted octanol–water partition coefficient (Wildman–Crippen LogP) is 4.68. The molecule has 0 bridgehead atoms. The fourth-order valence-corrected chi connectivity index (χ4v) is 2.56. The molecule has 0 aliphatic rings. The lowest BCUT2D eigenvalue weighted by Crippen LogP contribution is -2.48. The highest BCUT2D eigenvalue weighted by atomic mass is 35.5. The van der Waals surface area contributed by atoms with E-state index in [1.54, 1.807) is 6.07 Å². The lowest BCUT2D eigenvalue weighted by Gasteiger charge is -2.17. The Hall–Kier alpha value is -2.43. The summed E-state index contributed by atoms with van der Waals surface area (Å²) in [7, 11) is 0. The van der Waals surface area contributed by atoms with Gasteiger partial charge in [-0.2, -0.15) is 0 Å². The first-order valence-corrected chi connectivity index (χ1v) is 9.04. The molecular weight excluding hydrogens is 454 g/mol. The molecule has 1 unspecified atom stereocenters. The number of benzene rings is 2. The van der Waals surface area contributed by atoms with E-state index < -0.39 is 18.4 Å². The second-order valence-electron chi connectivity index (χ2n) is 5.48. The molecule has 0 fully saturated rings. The van der Waals surface area contributed by atoms with Gasteiger partial charge in [0.25, 0.3) is 5.91 Å². The van der Waals surface area contributed by atoms with Crippen LogP contribution in [0.1, 0.15) is 6.92 Å². The molecule has 1 atom stereocenters. The number of thiocarbonyl (C=S) groups is 1. The summed E-state index contributed by atoms with van der Waals surface area (Å²) in [5.74, 6) is -0.642. The van der Waals surface area contributed by atoms with Crippen molar-refractivity contribution in [2.75, 3.05) is 5.32 Å². The van der Waals surface area contributed by atoms with Gasteiger partial charge in [0, 0.05) is 10.7 Å². The summed E-state index contributed by atoms with van der Waals surface area (Å²) in [6.07, 6.45) is -5.69. The standard InChI is InChI=1S/C17H14Cl2F3N3O3S/c1-9(27-14-7-2-10(18)8-13(14)19)15(26)24-25-16(29)23-11-3-5-12(6-4-11)28-17(20,21)22/h2-9H,1H3,(H,24,26)(H2,23,25,29). The van der Waals surface area contributed by atoms with Gasteiger partial charge in [0.2, 0.25) is 0 Å². The molecule has 0 aliphatic carbocycles. The van der Waals surface area contributed by atoms with Gasteiger partial charge in [-0.05, 0) is 61.6 Å². The van der Waals surface area contributed by atoms with Crippen LogP contribution in [0.15, 0.2) is 42.5 Å². The van der Waals surface area contributed by atoms with Gasteiger partial charge in [-0.1, -0.05) is 23.2 Å². The number of hydrogen-bond acceptors (Lipinski definition) is 4. The molecule has 6 nitrogen and oxygen atoms in total. The second kappa shape index (κ2) is 9.86. The number of alkyl halides is 3. The number of carbonyl (C=O) groups is 1. The van der Waals surface area contributed by atoms with Crippen LogP contribution in [0.2, 0.25) is 10.0 Å². The molecule has 0 heterocycles. The number of hydrogen-bond donors (Lipinski definition) is 3. The van der Waals surface area contributed by atoms with Crippen LogP contribution in [0, 0.1) is 0 Å². The Morgan fingerprint density at radius 3 is 2.34 bits per heavy atom. The van der Waals surface area contributed by atoms with Crippen molar-refractivity contribution < 1.29 is 27.4 Å². The monoisotopic (exact) mass is 467 g/mol. The van der Waals surface area contributed by atoms with E-state index in [-0.39, 0.29) is 21.6 Å². The van der Waals surface area contributed by atoms with E-state index in [9.17, 15) is 18.0 Å². The maximum atomic E-state index is 12.1. The quantitative estimate of drug-likeness (QED) is 0.438. The van der Waals surface area contributed by atoms with Crippen LogP contribution in [0.4, 0.5) is 18.9 Å². The largest absolute Gasteiger partial charge is 0.573 e. The minimum atomic E-state index is -4.77. The number of anilines is 1. The number of carbonyl (C=O) groups excluding carboxylic acids is 1. The van der Waals surface area contributed by atoms with Crippen molar-refractivity contribution >= 4 is 52.1 Å². The molecule has 0 aliphatic heterocycles. The number of amides is 1. The van der Waals surface area contributed by atoms with Crippen molar-refractivity contribution in [3.8, 4) is 11.5 Å². The van der Waals surface area contributed by atoms with E-state index >= 15 is 0 Å². The highest BCUT2D eigenvalue weighted by Gasteiger charge is 2.30. The third-order valence-corrected chi connectivity index (χ3v) is 3.95. The zero-order valence-corrected chi connectivity index (χ0v) is 17.0. The zero-order valence-electron chi connectivity index (χ0n) is 14.6. The molecule has 2 rings (SSSR count). The van der Waals surface area contributed by atoms with Crippen LogP contribution in [0.3, 0.4) is 0 Å². The molecule has 0 saturated heterocycles. The van der Waals surface area contributed by atoms with E-state index in [4.69, 9.17) is 40.2 Å². The summed E-state index contributed by atoms with van der Waals surface area (Å²) in [6.45, 7) is 1.50. The number of nitrogens with one attached hydrogen (secondary N) is 3. The van der Waals surface area contributed by atoms with Gasteiger partial charge in [0.05, 0.1) is 5.02 Å².